The molecule has 4 nitrogen and oxygen atoms in total. The molecule has 1 aromatic heterocycles. The molecule has 2 aromatic rings. The maximum Gasteiger partial charge on any atom is 0.414 e. The highest BCUT2D eigenvalue weighted by molar-refractivity contribution is 5.69. The van der Waals surface area contributed by atoms with Crippen LogP contribution in [0.25, 0.3) is 5.69 Å². The summed E-state index contributed by atoms with van der Waals surface area (Å²) in [6.07, 6.45) is 3.54. The molecule has 0 aliphatic carbocycles. The zero-order valence-corrected chi connectivity index (χ0v) is 11.5. The van der Waals surface area contributed by atoms with Crippen molar-refractivity contribution in [3.8, 4) is 11.4 Å². The lowest BCUT2D eigenvalue weighted by Gasteiger charge is -2.10. The second-order valence-electron chi connectivity index (χ2n) is 4.04. The Kier molecular flexibility index (Phi) is 5.33. The third-order valence-corrected chi connectivity index (χ3v) is 2.42. The number of hydrogen-bond donors (Lipinski definition) is 0. The number of halogens is 1. The van der Waals surface area contributed by atoms with E-state index in [1.165, 1.54) is 4.90 Å². The molecule has 0 saturated carbocycles. The van der Waals surface area contributed by atoms with Gasteiger partial charge in [-0.2, -0.15) is 4.57 Å². The minimum absolute atomic E-state index is 0. The first kappa shape index (κ1) is 15.0. The number of carbonyl (C=O) groups excluding carboxylic acids is 1. The Morgan fingerprint density at radius 1 is 1.05 bits per heavy atom. The van der Waals surface area contributed by atoms with Crippen LogP contribution in [0.1, 0.15) is 0 Å². The molecular weight excluding hydrogens is 264 g/mol. The highest BCUT2D eigenvalue weighted by Gasteiger charge is 2.08. The topological polar surface area (TPSA) is 33.4 Å². The molecule has 0 spiro atoms. The summed E-state index contributed by atoms with van der Waals surface area (Å²) >= 11 is 0. The van der Waals surface area contributed by atoms with Crippen LogP contribution in [-0.2, 0) is 0 Å². The van der Waals surface area contributed by atoms with E-state index < -0.39 is 0 Å². The van der Waals surface area contributed by atoms with Crippen LogP contribution in [0.2, 0.25) is 0 Å². The number of pyridine rings is 1. The zero-order valence-electron chi connectivity index (χ0n) is 10.8. The van der Waals surface area contributed by atoms with E-state index in [1.54, 1.807) is 26.2 Å². The average molecular weight is 279 g/mol. The maximum atomic E-state index is 11.4. The summed E-state index contributed by atoms with van der Waals surface area (Å²) in [5.41, 5.74) is 1.01. The summed E-state index contributed by atoms with van der Waals surface area (Å²) in [5.74, 6) is 0.536. The highest BCUT2D eigenvalue weighted by Crippen LogP contribution is 2.12. The first-order valence-electron chi connectivity index (χ1n) is 5.63. The molecule has 19 heavy (non-hydrogen) atoms. The molecule has 0 saturated heterocycles. The number of amides is 1. The Balaban J connectivity index is 0.00000180. The van der Waals surface area contributed by atoms with Gasteiger partial charge in [0, 0.05) is 38.4 Å². The quantitative estimate of drug-likeness (QED) is 0.662. The molecule has 1 amide bonds. The largest absolute Gasteiger partial charge is 1.00 e. The SMILES string of the molecule is CN(C)C(=O)Oc1ccc(-[n+]2ccccc2)cc1.[Cl-]. The van der Waals surface area contributed by atoms with Crippen molar-refractivity contribution in [1.82, 2.24) is 4.90 Å². The summed E-state index contributed by atoms with van der Waals surface area (Å²) in [5, 5.41) is 0. The molecule has 0 bridgehead atoms. The van der Waals surface area contributed by atoms with Gasteiger partial charge in [-0.1, -0.05) is 6.07 Å². The van der Waals surface area contributed by atoms with Crippen LogP contribution in [0.3, 0.4) is 0 Å². The van der Waals surface area contributed by atoms with Crippen LogP contribution < -0.4 is 21.7 Å². The van der Waals surface area contributed by atoms with Crippen LogP contribution in [-0.4, -0.2) is 25.1 Å². The number of nitrogens with zero attached hydrogens (tertiary/aromatic N) is 2. The van der Waals surface area contributed by atoms with Crippen molar-refractivity contribution in [1.29, 1.82) is 0 Å². The van der Waals surface area contributed by atoms with Crippen molar-refractivity contribution < 1.29 is 26.5 Å². The van der Waals surface area contributed by atoms with Gasteiger partial charge >= 0.3 is 6.09 Å². The van der Waals surface area contributed by atoms with Crippen molar-refractivity contribution in [2.45, 2.75) is 0 Å². The van der Waals surface area contributed by atoms with Gasteiger partial charge < -0.3 is 22.0 Å². The number of carbonyl (C=O) groups is 1. The fourth-order valence-corrected chi connectivity index (χ4v) is 1.45. The number of aromatic nitrogens is 1. The van der Waals surface area contributed by atoms with Crippen molar-refractivity contribution >= 4 is 6.09 Å². The van der Waals surface area contributed by atoms with Gasteiger partial charge in [-0.25, -0.2) is 4.79 Å². The monoisotopic (exact) mass is 278 g/mol. The first-order valence-corrected chi connectivity index (χ1v) is 5.63. The van der Waals surface area contributed by atoms with Crippen LogP contribution in [0, 0.1) is 0 Å². The van der Waals surface area contributed by atoms with E-state index in [9.17, 15) is 4.79 Å². The standard InChI is InChI=1S/C14H15N2O2.ClH/c1-15(2)14(17)18-13-8-6-12(7-9-13)16-10-4-3-5-11-16;/h3-11H,1-2H3;1H/q+1;/p-1. The van der Waals surface area contributed by atoms with Gasteiger partial charge in [0.05, 0.1) is 0 Å². The molecular formula is C14H15ClN2O2. The Bertz CT molecular complexity index is 527. The molecule has 2 rings (SSSR count). The molecule has 5 heteroatoms. The van der Waals surface area contributed by atoms with Crippen molar-refractivity contribution in [2.24, 2.45) is 0 Å². The van der Waals surface area contributed by atoms with Crippen LogP contribution >= 0.6 is 0 Å². The summed E-state index contributed by atoms with van der Waals surface area (Å²) in [4.78, 5) is 12.8. The normalized spacial score (nSPS) is 9.37. The van der Waals surface area contributed by atoms with Gasteiger partial charge in [0.25, 0.3) is 0 Å². The number of ether oxygens (including phenoxy) is 1. The van der Waals surface area contributed by atoms with Gasteiger partial charge in [0.2, 0.25) is 5.69 Å². The third kappa shape index (κ3) is 3.96. The van der Waals surface area contributed by atoms with Crippen molar-refractivity contribution in [2.75, 3.05) is 14.1 Å². The molecule has 0 aliphatic rings. The fourth-order valence-electron chi connectivity index (χ4n) is 1.45. The van der Waals surface area contributed by atoms with E-state index in [0.717, 1.165) is 5.69 Å². The van der Waals surface area contributed by atoms with Gasteiger partial charge in [-0.15, -0.1) is 0 Å². The van der Waals surface area contributed by atoms with Gasteiger partial charge in [-0.3, -0.25) is 0 Å². The summed E-state index contributed by atoms with van der Waals surface area (Å²) in [6.45, 7) is 0. The lowest BCUT2D eigenvalue weighted by atomic mass is 10.3. The molecule has 1 heterocycles. The van der Waals surface area contributed by atoms with E-state index in [1.807, 2.05) is 47.3 Å². The van der Waals surface area contributed by atoms with Gasteiger partial charge in [0.15, 0.2) is 12.4 Å². The first-order chi connectivity index (χ1) is 8.66. The van der Waals surface area contributed by atoms with E-state index in [4.69, 9.17) is 4.74 Å². The Labute approximate surface area is 118 Å². The smallest absolute Gasteiger partial charge is 0.414 e. The summed E-state index contributed by atoms with van der Waals surface area (Å²) in [6, 6.07) is 13.2. The second kappa shape index (κ2) is 6.75. The predicted octanol–water partition coefficient (Wildman–Crippen LogP) is -0.972. The fraction of sp³-hybridized carbons (Fsp3) is 0.143. The third-order valence-electron chi connectivity index (χ3n) is 2.42. The molecule has 1 aromatic carbocycles. The van der Waals surface area contributed by atoms with Crippen LogP contribution in [0.15, 0.2) is 54.9 Å². The van der Waals surface area contributed by atoms with Crippen LogP contribution in [0.5, 0.6) is 5.75 Å². The molecule has 0 unspecified atom stereocenters. The molecule has 0 radical (unpaired) electrons. The summed E-state index contributed by atoms with van der Waals surface area (Å²) < 4.78 is 7.13. The molecule has 0 N–H and O–H groups in total. The molecule has 0 atom stereocenters. The Hall–Kier alpha value is -2.07. The van der Waals surface area contributed by atoms with E-state index in [0.29, 0.717) is 5.75 Å². The van der Waals surface area contributed by atoms with E-state index >= 15 is 0 Å². The van der Waals surface area contributed by atoms with Gasteiger partial charge in [0.1, 0.15) is 5.75 Å². The number of benzene rings is 1. The highest BCUT2D eigenvalue weighted by atomic mass is 35.5. The molecule has 0 fully saturated rings. The summed E-state index contributed by atoms with van der Waals surface area (Å²) in [7, 11) is 3.30. The lowest BCUT2D eigenvalue weighted by Crippen LogP contribution is -3.00. The number of rotatable bonds is 2. The maximum absolute atomic E-state index is 11.4. The minimum atomic E-state index is -0.380. The minimum Gasteiger partial charge on any atom is -1.00 e. The zero-order chi connectivity index (χ0) is 13.0. The van der Waals surface area contributed by atoms with Gasteiger partial charge in [-0.05, 0) is 12.1 Å². The predicted molar refractivity (Wildman–Crippen MR) is 67.7 cm³/mol. The average Bonchev–Trinajstić information content (AvgIpc) is 2.40. The Morgan fingerprint density at radius 2 is 1.63 bits per heavy atom. The van der Waals surface area contributed by atoms with E-state index in [-0.39, 0.29) is 18.5 Å². The van der Waals surface area contributed by atoms with Crippen molar-refractivity contribution in [3.05, 3.63) is 54.9 Å². The second-order valence-corrected chi connectivity index (χ2v) is 4.04. The lowest BCUT2D eigenvalue weighted by molar-refractivity contribution is -0.595. The van der Waals surface area contributed by atoms with Crippen LogP contribution in [0.4, 0.5) is 4.79 Å². The Morgan fingerprint density at radius 3 is 2.16 bits per heavy atom. The molecule has 0 aliphatic heterocycles. The molecule has 100 valence electrons. The van der Waals surface area contributed by atoms with Crippen molar-refractivity contribution in [3.63, 3.8) is 0 Å². The number of hydrogen-bond acceptors (Lipinski definition) is 2. The van der Waals surface area contributed by atoms with E-state index in [2.05, 4.69) is 0 Å².